The van der Waals surface area contributed by atoms with Crippen LogP contribution in [0.15, 0.2) is 0 Å². The van der Waals surface area contributed by atoms with Gasteiger partial charge in [-0.05, 0) is 33.5 Å². The fourth-order valence-corrected chi connectivity index (χ4v) is 2.85. The molecule has 0 radical (unpaired) electrons. The van der Waals surface area contributed by atoms with Gasteiger partial charge in [0.2, 0.25) is 10.0 Å². The average molecular weight is 302 g/mol. The van der Waals surface area contributed by atoms with Crippen LogP contribution in [0.3, 0.4) is 0 Å². The fourth-order valence-electron chi connectivity index (χ4n) is 1.43. The molecule has 0 aromatic carbocycles. The normalized spacial score (nSPS) is 13.4. The summed E-state index contributed by atoms with van der Waals surface area (Å²) in [4.78, 5) is 1.94. The van der Waals surface area contributed by atoms with Crippen molar-refractivity contribution < 1.29 is 21.4 Å². The Balaban J connectivity index is 4.26. The molecule has 0 aromatic rings. The molecule has 0 atom stereocenters. The molecule has 0 unspecified atom stereocenters. The van der Waals surface area contributed by atoms with Gasteiger partial charge in [-0.25, -0.2) is 12.7 Å². The third-order valence-electron chi connectivity index (χ3n) is 2.29. The molecule has 7 nitrogen and oxygen atoms in total. The molecule has 0 aliphatic carbocycles. The van der Waals surface area contributed by atoms with Gasteiger partial charge >= 0.3 is 0 Å². The van der Waals surface area contributed by atoms with Crippen LogP contribution in [0.5, 0.6) is 0 Å². The van der Waals surface area contributed by atoms with Crippen molar-refractivity contribution in [3.05, 3.63) is 0 Å². The van der Waals surface area contributed by atoms with Gasteiger partial charge in [0.1, 0.15) is 0 Å². The Morgan fingerprint density at radius 1 is 0.944 bits per heavy atom. The zero-order chi connectivity index (χ0) is 14.4. The van der Waals surface area contributed by atoms with Crippen molar-refractivity contribution in [1.82, 2.24) is 9.21 Å². The molecule has 0 heterocycles. The zero-order valence-corrected chi connectivity index (χ0v) is 12.7. The largest absolute Gasteiger partial charge is 0.309 e. The Bertz CT molecular complexity index is 430. The van der Waals surface area contributed by atoms with E-state index < -0.39 is 25.9 Å². The topological polar surface area (TPSA) is 95.0 Å². The molecule has 0 bridgehead atoms. The van der Waals surface area contributed by atoms with Crippen molar-refractivity contribution in [3.8, 4) is 0 Å². The van der Waals surface area contributed by atoms with Crippen LogP contribution in [0.1, 0.15) is 12.8 Å². The van der Waals surface area contributed by atoms with Crippen LogP contribution in [0.2, 0.25) is 0 Å². The molecule has 0 aromatic heterocycles. The van der Waals surface area contributed by atoms with E-state index in [2.05, 4.69) is 0 Å². The van der Waals surface area contributed by atoms with Gasteiger partial charge in [-0.3, -0.25) is 4.55 Å². The molecular weight excluding hydrogens is 280 g/mol. The molecule has 0 fully saturated rings. The van der Waals surface area contributed by atoms with E-state index in [0.29, 0.717) is 13.0 Å². The molecule has 0 spiro atoms. The van der Waals surface area contributed by atoms with Gasteiger partial charge in [-0.15, -0.1) is 0 Å². The maximum atomic E-state index is 11.5. The number of hydrogen-bond acceptors (Lipinski definition) is 5. The molecular formula is C9H22N2O5S2. The Kier molecular flexibility index (Phi) is 7.30. The van der Waals surface area contributed by atoms with Crippen molar-refractivity contribution in [3.63, 3.8) is 0 Å². The predicted molar refractivity (Wildman–Crippen MR) is 70.6 cm³/mol. The lowest BCUT2D eigenvalue weighted by Gasteiger charge is -2.20. The first-order valence-corrected chi connectivity index (χ1v) is 9.03. The second-order valence-electron chi connectivity index (χ2n) is 4.46. The second kappa shape index (κ2) is 7.39. The maximum absolute atomic E-state index is 11.5. The van der Waals surface area contributed by atoms with Crippen molar-refractivity contribution in [1.29, 1.82) is 0 Å². The molecule has 0 saturated carbocycles. The Hall–Kier alpha value is -0.220. The minimum atomic E-state index is -4.03. The Labute approximate surface area is 110 Å². The monoisotopic (exact) mass is 302 g/mol. The SMILES string of the molecule is CN(C)CCCN(CCCS(=O)(=O)O)S(C)(=O)=O. The first kappa shape index (κ1) is 17.8. The summed E-state index contributed by atoms with van der Waals surface area (Å²) in [6.45, 7) is 1.21. The van der Waals surface area contributed by atoms with Crippen molar-refractivity contribution >= 4 is 20.1 Å². The summed E-state index contributed by atoms with van der Waals surface area (Å²) in [6.07, 6.45) is 1.86. The second-order valence-corrected chi connectivity index (χ2v) is 8.01. The van der Waals surface area contributed by atoms with Crippen LogP contribution >= 0.6 is 0 Å². The highest BCUT2D eigenvalue weighted by Crippen LogP contribution is 2.03. The van der Waals surface area contributed by atoms with Crippen LogP contribution in [0.25, 0.3) is 0 Å². The van der Waals surface area contributed by atoms with Gasteiger partial charge in [0, 0.05) is 13.1 Å². The first-order chi connectivity index (χ1) is 8.02. The molecule has 0 amide bonds. The molecule has 0 saturated heterocycles. The van der Waals surface area contributed by atoms with Crippen LogP contribution in [-0.4, -0.2) is 76.3 Å². The number of rotatable bonds is 9. The summed E-state index contributed by atoms with van der Waals surface area (Å²) >= 11 is 0. The van der Waals surface area contributed by atoms with E-state index in [-0.39, 0.29) is 13.0 Å². The Morgan fingerprint density at radius 3 is 1.83 bits per heavy atom. The summed E-state index contributed by atoms with van der Waals surface area (Å²) in [5, 5.41) is 0. The van der Waals surface area contributed by atoms with E-state index >= 15 is 0 Å². The first-order valence-electron chi connectivity index (χ1n) is 5.57. The lowest BCUT2D eigenvalue weighted by Crippen LogP contribution is -2.34. The van der Waals surface area contributed by atoms with Crippen LogP contribution < -0.4 is 0 Å². The lowest BCUT2D eigenvalue weighted by atomic mass is 10.4. The minimum Gasteiger partial charge on any atom is -0.309 e. The molecule has 0 rings (SSSR count). The van der Waals surface area contributed by atoms with Crippen molar-refractivity contribution in [2.24, 2.45) is 0 Å². The van der Waals surface area contributed by atoms with E-state index in [1.54, 1.807) is 0 Å². The van der Waals surface area contributed by atoms with Gasteiger partial charge in [-0.1, -0.05) is 0 Å². The van der Waals surface area contributed by atoms with E-state index in [1.807, 2.05) is 19.0 Å². The molecule has 18 heavy (non-hydrogen) atoms. The van der Waals surface area contributed by atoms with Gasteiger partial charge < -0.3 is 4.90 Å². The summed E-state index contributed by atoms with van der Waals surface area (Å²) in [5.74, 6) is -0.424. The number of sulfonamides is 1. The maximum Gasteiger partial charge on any atom is 0.264 e. The summed E-state index contributed by atoms with van der Waals surface area (Å²) in [5.41, 5.74) is 0. The van der Waals surface area contributed by atoms with Crippen LogP contribution in [0, 0.1) is 0 Å². The van der Waals surface area contributed by atoms with E-state index in [0.717, 1.165) is 12.8 Å². The van der Waals surface area contributed by atoms with Crippen molar-refractivity contribution in [2.75, 3.05) is 45.7 Å². The van der Waals surface area contributed by atoms with Gasteiger partial charge in [-0.2, -0.15) is 8.42 Å². The molecule has 1 N–H and O–H groups in total. The van der Waals surface area contributed by atoms with Crippen molar-refractivity contribution in [2.45, 2.75) is 12.8 Å². The van der Waals surface area contributed by atoms with Gasteiger partial charge in [0.05, 0.1) is 12.0 Å². The molecule has 110 valence electrons. The third kappa shape index (κ3) is 9.77. The molecule has 0 aliphatic heterocycles. The lowest BCUT2D eigenvalue weighted by molar-refractivity contribution is 0.350. The van der Waals surface area contributed by atoms with E-state index in [1.165, 1.54) is 4.31 Å². The van der Waals surface area contributed by atoms with E-state index in [9.17, 15) is 16.8 Å². The minimum absolute atomic E-state index is 0.0911. The number of nitrogens with zero attached hydrogens (tertiary/aromatic N) is 2. The third-order valence-corrected chi connectivity index (χ3v) is 4.40. The predicted octanol–water partition coefficient (Wildman–Crippen LogP) is -0.522. The van der Waals surface area contributed by atoms with Crippen LogP contribution in [-0.2, 0) is 20.1 Å². The average Bonchev–Trinajstić information content (AvgIpc) is 2.11. The highest BCUT2D eigenvalue weighted by molar-refractivity contribution is 7.88. The fraction of sp³-hybridized carbons (Fsp3) is 1.00. The molecule has 9 heteroatoms. The summed E-state index contributed by atoms with van der Waals surface area (Å²) in [6, 6.07) is 0. The van der Waals surface area contributed by atoms with E-state index in [4.69, 9.17) is 4.55 Å². The highest BCUT2D eigenvalue weighted by Gasteiger charge is 2.17. The Morgan fingerprint density at radius 2 is 1.44 bits per heavy atom. The van der Waals surface area contributed by atoms with Crippen LogP contribution in [0.4, 0.5) is 0 Å². The molecule has 0 aliphatic rings. The quantitative estimate of drug-likeness (QED) is 0.576. The zero-order valence-electron chi connectivity index (χ0n) is 11.0. The van der Waals surface area contributed by atoms with Gasteiger partial charge in [0.15, 0.2) is 0 Å². The summed E-state index contributed by atoms with van der Waals surface area (Å²) < 4.78 is 53.8. The summed E-state index contributed by atoms with van der Waals surface area (Å²) in [7, 11) is -3.59. The standard InChI is InChI=1S/C9H22N2O5S2/c1-10(2)6-4-7-11(17(3,12)13)8-5-9-18(14,15)16/h4-9H2,1-3H3,(H,14,15,16). The van der Waals surface area contributed by atoms with Gasteiger partial charge in [0.25, 0.3) is 10.1 Å². The highest BCUT2D eigenvalue weighted by atomic mass is 32.2. The number of hydrogen-bond donors (Lipinski definition) is 1. The smallest absolute Gasteiger partial charge is 0.264 e.